The minimum atomic E-state index is -0.186. The number of likely N-dealkylation sites (tertiary alicyclic amines) is 2. The fourth-order valence-electron chi connectivity index (χ4n) is 4.35. The first-order chi connectivity index (χ1) is 15.6. The molecule has 0 spiro atoms. The van der Waals surface area contributed by atoms with Crippen molar-refractivity contribution in [2.45, 2.75) is 32.1 Å². The molecule has 2 saturated heterocycles. The summed E-state index contributed by atoms with van der Waals surface area (Å²) in [5.74, 6) is -0.297. The second-order valence-corrected chi connectivity index (χ2v) is 8.45. The zero-order valence-electron chi connectivity index (χ0n) is 18.3. The Morgan fingerprint density at radius 1 is 0.719 bits per heavy atom. The van der Waals surface area contributed by atoms with Crippen molar-refractivity contribution >= 4 is 29.2 Å². The van der Waals surface area contributed by atoms with Crippen LogP contribution in [0.5, 0.6) is 0 Å². The number of rotatable bonds is 4. The third kappa shape index (κ3) is 5.28. The van der Waals surface area contributed by atoms with Gasteiger partial charge in [-0.3, -0.25) is 9.59 Å². The molecule has 168 valence electrons. The highest BCUT2D eigenvalue weighted by Gasteiger charge is 2.28. The molecule has 2 N–H and O–H groups in total. The first-order valence-electron chi connectivity index (χ1n) is 11.4. The van der Waals surface area contributed by atoms with E-state index in [0.717, 1.165) is 38.0 Å². The second kappa shape index (κ2) is 10.3. The Bertz CT molecular complexity index is 949. The summed E-state index contributed by atoms with van der Waals surface area (Å²) < 4.78 is 0. The Morgan fingerprint density at radius 2 is 1.38 bits per heavy atom. The molecule has 32 heavy (non-hydrogen) atoms. The van der Waals surface area contributed by atoms with Crippen molar-refractivity contribution in [3.05, 3.63) is 60.2 Å². The molecule has 2 aliphatic rings. The molecule has 2 aromatic carbocycles. The third-order valence-electron chi connectivity index (χ3n) is 6.24. The summed E-state index contributed by atoms with van der Waals surface area (Å²) >= 11 is 0. The van der Waals surface area contributed by atoms with Crippen LogP contribution in [0.15, 0.2) is 54.6 Å². The van der Waals surface area contributed by atoms with Gasteiger partial charge in [-0.2, -0.15) is 0 Å². The molecule has 4 rings (SSSR count). The molecule has 2 aliphatic heterocycles. The van der Waals surface area contributed by atoms with Crippen molar-refractivity contribution in [1.82, 2.24) is 9.80 Å². The van der Waals surface area contributed by atoms with Crippen molar-refractivity contribution in [2.75, 3.05) is 36.8 Å². The van der Waals surface area contributed by atoms with Crippen LogP contribution in [-0.4, -0.2) is 53.8 Å². The van der Waals surface area contributed by atoms with E-state index in [-0.39, 0.29) is 23.8 Å². The van der Waals surface area contributed by atoms with Gasteiger partial charge in [0.15, 0.2) is 0 Å². The quantitative estimate of drug-likeness (QED) is 0.757. The Labute approximate surface area is 188 Å². The molecule has 0 bridgehead atoms. The molecule has 2 aromatic rings. The van der Waals surface area contributed by atoms with Crippen LogP contribution >= 0.6 is 0 Å². The van der Waals surface area contributed by atoms with Gasteiger partial charge in [0.2, 0.25) is 5.91 Å². The Kier molecular flexibility index (Phi) is 7.04. The van der Waals surface area contributed by atoms with E-state index < -0.39 is 0 Å². The van der Waals surface area contributed by atoms with Crippen LogP contribution < -0.4 is 10.6 Å². The maximum atomic E-state index is 13.0. The highest BCUT2D eigenvalue weighted by Crippen LogP contribution is 2.24. The average molecular weight is 435 g/mol. The first kappa shape index (κ1) is 21.9. The number of urea groups is 1. The number of hydrogen-bond acceptors (Lipinski definition) is 3. The molecule has 0 unspecified atom stereocenters. The SMILES string of the molecule is O=C(Nc1ccccc1C(=O)N1CCCCC1)C1CCN(C(=O)Nc2ccccc2)CC1. The van der Waals surface area contributed by atoms with Gasteiger partial charge in [0.05, 0.1) is 11.3 Å². The lowest BCUT2D eigenvalue weighted by Crippen LogP contribution is -2.43. The van der Waals surface area contributed by atoms with Crippen LogP contribution in [0.25, 0.3) is 0 Å². The van der Waals surface area contributed by atoms with E-state index in [0.29, 0.717) is 37.2 Å². The van der Waals surface area contributed by atoms with Crippen LogP contribution in [0.4, 0.5) is 16.2 Å². The third-order valence-corrected chi connectivity index (χ3v) is 6.24. The number of piperidine rings is 2. The van der Waals surface area contributed by atoms with E-state index in [9.17, 15) is 14.4 Å². The van der Waals surface area contributed by atoms with E-state index in [1.807, 2.05) is 47.4 Å². The molecule has 0 saturated carbocycles. The monoisotopic (exact) mass is 434 g/mol. The maximum absolute atomic E-state index is 13.0. The van der Waals surface area contributed by atoms with Gasteiger partial charge < -0.3 is 20.4 Å². The summed E-state index contributed by atoms with van der Waals surface area (Å²) in [5.41, 5.74) is 1.87. The minimum Gasteiger partial charge on any atom is -0.339 e. The molecule has 0 aliphatic carbocycles. The molecule has 0 radical (unpaired) electrons. The number of hydrogen-bond donors (Lipinski definition) is 2. The standard InChI is InChI=1S/C25H30N4O3/c30-23(19-13-17-29(18-14-19)25(32)26-20-9-3-1-4-10-20)27-22-12-6-5-11-21(22)24(31)28-15-7-2-8-16-28/h1,3-6,9-12,19H,2,7-8,13-18H2,(H,26,32)(H,27,30). The van der Waals surface area contributed by atoms with E-state index >= 15 is 0 Å². The van der Waals surface area contributed by atoms with Crippen molar-refractivity contribution < 1.29 is 14.4 Å². The van der Waals surface area contributed by atoms with Gasteiger partial charge >= 0.3 is 6.03 Å². The lowest BCUT2D eigenvalue weighted by Gasteiger charge is -2.31. The van der Waals surface area contributed by atoms with Crippen LogP contribution in [0.1, 0.15) is 42.5 Å². The van der Waals surface area contributed by atoms with Gasteiger partial charge in [0, 0.05) is 37.8 Å². The molecule has 2 heterocycles. The second-order valence-electron chi connectivity index (χ2n) is 8.45. The zero-order chi connectivity index (χ0) is 22.3. The number of benzene rings is 2. The number of carbonyl (C=O) groups excluding carboxylic acids is 3. The van der Waals surface area contributed by atoms with Gasteiger partial charge in [-0.25, -0.2) is 4.79 Å². The minimum absolute atomic E-state index is 0.0204. The van der Waals surface area contributed by atoms with Crippen molar-refractivity contribution in [3.63, 3.8) is 0 Å². The topological polar surface area (TPSA) is 81.8 Å². The Balaban J connectivity index is 1.32. The van der Waals surface area contributed by atoms with Gasteiger partial charge in [-0.05, 0) is 56.4 Å². The summed E-state index contributed by atoms with van der Waals surface area (Å²) in [4.78, 5) is 42.0. The number of para-hydroxylation sites is 2. The molecule has 0 aromatic heterocycles. The van der Waals surface area contributed by atoms with Crippen molar-refractivity contribution in [1.29, 1.82) is 0 Å². The number of nitrogens with zero attached hydrogens (tertiary/aromatic N) is 2. The summed E-state index contributed by atoms with van der Waals surface area (Å²) in [5, 5.41) is 5.87. The van der Waals surface area contributed by atoms with Crippen LogP contribution in [-0.2, 0) is 4.79 Å². The smallest absolute Gasteiger partial charge is 0.321 e. The molecular formula is C25H30N4O3. The normalized spacial score (nSPS) is 17.0. The predicted molar refractivity (Wildman–Crippen MR) is 125 cm³/mol. The molecule has 7 nitrogen and oxygen atoms in total. The van der Waals surface area contributed by atoms with Gasteiger partial charge in [-0.1, -0.05) is 30.3 Å². The summed E-state index contributed by atoms with van der Waals surface area (Å²) in [6.45, 7) is 2.57. The Hall–Kier alpha value is -3.35. The van der Waals surface area contributed by atoms with Gasteiger partial charge in [0.25, 0.3) is 5.91 Å². The average Bonchev–Trinajstić information content (AvgIpc) is 2.85. The summed E-state index contributed by atoms with van der Waals surface area (Å²) in [7, 11) is 0. The van der Waals surface area contributed by atoms with E-state index in [1.165, 1.54) is 0 Å². The van der Waals surface area contributed by atoms with Gasteiger partial charge in [0.1, 0.15) is 0 Å². The lowest BCUT2D eigenvalue weighted by atomic mass is 9.95. The van der Waals surface area contributed by atoms with Gasteiger partial charge in [-0.15, -0.1) is 0 Å². The fraction of sp³-hybridized carbons (Fsp3) is 0.400. The van der Waals surface area contributed by atoms with Crippen molar-refractivity contribution in [3.8, 4) is 0 Å². The molecule has 0 atom stereocenters. The predicted octanol–water partition coefficient (Wildman–Crippen LogP) is 4.20. The molecule has 4 amide bonds. The van der Waals surface area contributed by atoms with E-state index in [4.69, 9.17) is 0 Å². The molecular weight excluding hydrogens is 404 g/mol. The lowest BCUT2D eigenvalue weighted by molar-refractivity contribution is -0.121. The molecule has 2 fully saturated rings. The van der Waals surface area contributed by atoms with E-state index in [2.05, 4.69) is 10.6 Å². The summed E-state index contributed by atoms with van der Waals surface area (Å²) in [6, 6.07) is 16.4. The largest absolute Gasteiger partial charge is 0.339 e. The van der Waals surface area contributed by atoms with E-state index in [1.54, 1.807) is 17.0 Å². The highest BCUT2D eigenvalue weighted by molar-refractivity contribution is 6.04. The number of anilines is 2. The van der Waals surface area contributed by atoms with Crippen LogP contribution in [0, 0.1) is 5.92 Å². The first-order valence-corrected chi connectivity index (χ1v) is 11.4. The van der Waals surface area contributed by atoms with Crippen molar-refractivity contribution in [2.24, 2.45) is 5.92 Å². The number of carbonyl (C=O) groups is 3. The number of amides is 4. The zero-order valence-corrected chi connectivity index (χ0v) is 18.3. The summed E-state index contributed by atoms with van der Waals surface area (Å²) in [6.07, 6.45) is 4.39. The maximum Gasteiger partial charge on any atom is 0.321 e. The van der Waals surface area contributed by atoms with Crippen LogP contribution in [0.3, 0.4) is 0 Å². The highest BCUT2D eigenvalue weighted by atomic mass is 16.2. The fourth-order valence-corrected chi connectivity index (χ4v) is 4.35. The molecule has 7 heteroatoms. The Morgan fingerprint density at radius 3 is 2.09 bits per heavy atom. The number of nitrogens with one attached hydrogen (secondary N) is 2. The van der Waals surface area contributed by atoms with Crippen LogP contribution in [0.2, 0.25) is 0 Å².